The smallest absolute Gasteiger partial charge is 0.0609 e. The van der Waals surface area contributed by atoms with Gasteiger partial charge in [0, 0.05) is 27.7 Å². The SMILES string of the molecule is CC(C)(C)c1ccc2c(c1)C1(c3ccccc3C3=CC=CC(n4c5ccc(-c6ccccc6)cc5c5cc(-c6ccccc6)ccc54)C31)c1cc(C(C)(C)C)ccc1-2. The molecule has 2 unspecified atom stereocenters. The molecule has 7 aromatic carbocycles. The van der Waals surface area contributed by atoms with Crippen molar-refractivity contribution in [2.75, 3.05) is 0 Å². The van der Waals surface area contributed by atoms with Crippen LogP contribution >= 0.6 is 0 Å². The average molecular weight is 748 g/mol. The van der Waals surface area contributed by atoms with Crippen LogP contribution in [0.15, 0.2) is 176 Å². The van der Waals surface area contributed by atoms with Gasteiger partial charge in [0.1, 0.15) is 0 Å². The summed E-state index contributed by atoms with van der Waals surface area (Å²) in [5.74, 6) is 0.113. The van der Waals surface area contributed by atoms with Crippen LogP contribution in [-0.2, 0) is 16.2 Å². The van der Waals surface area contributed by atoms with E-state index in [-0.39, 0.29) is 22.8 Å². The molecular weight excluding hydrogens is 699 g/mol. The van der Waals surface area contributed by atoms with E-state index in [0.717, 1.165) is 0 Å². The fourth-order valence-corrected chi connectivity index (χ4v) is 10.8. The van der Waals surface area contributed by atoms with Gasteiger partial charge >= 0.3 is 0 Å². The Morgan fingerprint density at radius 3 is 1.47 bits per heavy atom. The predicted octanol–water partition coefficient (Wildman–Crippen LogP) is 14.9. The maximum atomic E-state index is 2.70. The fourth-order valence-electron chi connectivity index (χ4n) is 10.8. The van der Waals surface area contributed by atoms with Crippen molar-refractivity contribution >= 4 is 27.4 Å². The lowest BCUT2D eigenvalue weighted by molar-refractivity contribution is 0.388. The third kappa shape index (κ3) is 4.95. The lowest BCUT2D eigenvalue weighted by Gasteiger charge is -2.42. The first-order valence-electron chi connectivity index (χ1n) is 21.0. The molecular formula is C57H49N. The van der Waals surface area contributed by atoms with E-state index in [1.807, 2.05) is 0 Å². The van der Waals surface area contributed by atoms with E-state index in [1.165, 1.54) is 94.1 Å². The predicted molar refractivity (Wildman–Crippen MR) is 246 cm³/mol. The molecule has 8 aromatic rings. The molecule has 58 heavy (non-hydrogen) atoms. The summed E-state index contributed by atoms with van der Waals surface area (Å²) in [5, 5.41) is 2.58. The number of rotatable bonds is 3. The van der Waals surface area contributed by atoms with Crippen molar-refractivity contribution in [3.05, 3.63) is 209 Å². The van der Waals surface area contributed by atoms with Gasteiger partial charge < -0.3 is 4.57 Å². The van der Waals surface area contributed by atoms with Crippen molar-refractivity contribution in [2.24, 2.45) is 5.92 Å². The van der Waals surface area contributed by atoms with Gasteiger partial charge in [0.05, 0.1) is 11.5 Å². The summed E-state index contributed by atoms with van der Waals surface area (Å²) >= 11 is 0. The van der Waals surface area contributed by atoms with Gasteiger partial charge in [0.15, 0.2) is 0 Å². The second-order valence-electron chi connectivity index (χ2n) is 18.9. The minimum atomic E-state index is -0.401. The lowest BCUT2D eigenvalue weighted by atomic mass is 9.63. The van der Waals surface area contributed by atoms with Crippen molar-refractivity contribution in [3.63, 3.8) is 0 Å². The second kappa shape index (κ2) is 12.4. The summed E-state index contributed by atoms with van der Waals surface area (Å²) in [5.41, 5.74) is 19.7. The molecule has 3 aliphatic rings. The molecule has 1 nitrogen and oxygen atoms in total. The van der Waals surface area contributed by atoms with Crippen molar-refractivity contribution in [1.82, 2.24) is 4.57 Å². The zero-order chi connectivity index (χ0) is 39.6. The van der Waals surface area contributed by atoms with E-state index in [2.05, 4.69) is 222 Å². The molecule has 2 atom stereocenters. The molecule has 0 N–H and O–H groups in total. The van der Waals surface area contributed by atoms with E-state index < -0.39 is 5.41 Å². The van der Waals surface area contributed by atoms with Crippen LogP contribution in [0.5, 0.6) is 0 Å². The van der Waals surface area contributed by atoms with Gasteiger partial charge in [-0.1, -0.05) is 193 Å². The Kier molecular flexibility index (Phi) is 7.49. The number of nitrogens with zero attached hydrogens (tertiary/aromatic N) is 1. The Balaban J connectivity index is 1.23. The van der Waals surface area contributed by atoms with Gasteiger partial charge in [-0.3, -0.25) is 0 Å². The summed E-state index contributed by atoms with van der Waals surface area (Å²) in [6, 6.07) is 60.2. The molecule has 282 valence electrons. The van der Waals surface area contributed by atoms with E-state index in [4.69, 9.17) is 0 Å². The first-order valence-corrected chi connectivity index (χ1v) is 21.0. The quantitative estimate of drug-likeness (QED) is 0.170. The standard InChI is InChI=1S/C57H49N/c1-55(2,3)40-26-28-43-44-29-27-41(56(4,5)6)35-50(44)57(49(43)34-40)48-22-14-13-20-42(48)45-21-15-23-53(54(45)57)58-51-30-24-38(36-16-9-7-10-17-36)32-46(51)47-33-39(25-31-52(47)58)37-18-11-8-12-19-37/h7-35,53-54H,1-6H3. The van der Waals surface area contributed by atoms with Crippen molar-refractivity contribution < 1.29 is 0 Å². The molecule has 1 heterocycles. The molecule has 0 bridgehead atoms. The highest BCUT2D eigenvalue weighted by molar-refractivity contribution is 6.11. The minimum absolute atomic E-state index is 0.00395. The molecule has 3 aliphatic carbocycles. The monoisotopic (exact) mass is 747 g/mol. The number of hydrogen-bond donors (Lipinski definition) is 0. The Bertz CT molecular complexity index is 2850. The lowest BCUT2D eigenvalue weighted by Crippen LogP contribution is -2.38. The molecule has 0 saturated carbocycles. The highest BCUT2D eigenvalue weighted by Crippen LogP contribution is 2.68. The Hall–Kier alpha value is -6.18. The minimum Gasteiger partial charge on any atom is -0.333 e. The van der Waals surface area contributed by atoms with Crippen LogP contribution in [0.25, 0.3) is 60.8 Å². The highest BCUT2D eigenvalue weighted by atomic mass is 15.0. The number of aromatic nitrogens is 1. The largest absolute Gasteiger partial charge is 0.333 e. The first-order chi connectivity index (χ1) is 28.0. The molecule has 0 saturated heterocycles. The number of allylic oxidation sites excluding steroid dienone is 4. The van der Waals surface area contributed by atoms with E-state index in [9.17, 15) is 0 Å². The second-order valence-corrected chi connectivity index (χ2v) is 18.9. The molecule has 0 fully saturated rings. The molecule has 0 aliphatic heterocycles. The van der Waals surface area contributed by atoms with Gasteiger partial charge in [-0.2, -0.15) is 0 Å². The number of benzene rings is 7. The highest BCUT2D eigenvalue weighted by Gasteiger charge is 2.59. The van der Waals surface area contributed by atoms with Crippen LogP contribution in [0.2, 0.25) is 0 Å². The summed E-state index contributed by atoms with van der Waals surface area (Å²) in [4.78, 5) is 0. The number of hydrogen-bond acceptors (Lipinski definition) is 0. The van der Waals surface area contributed by atoms with E-state index in [1.54, 1.807) is 0 Å². The van der Waals surface area contributed by atoms with E-state index in [0.29, 0.717) is 0 Å². The molecule has 1 aromatic heterocycles. The van der Waals surface area contributed by atoms with Crippen LogP contribution in [0.3, 0.4) is 0 Å². The summed E-state index contributed by atoms with van der Waals surface area (Å²) in [6.45, 7) is 14.1. The van der Waals surface area contributed by atoms with Gasteiger partial charge in [-0.25, -0.2) is 0 Å². The molecule has 0 radical (unpaired) electrons. The molecule has 1 heteroatoms. The first kappa shape index (κ1) is 35.0. The van der Waals surface area contributed by atoms with Crippen molar-refractivity contribution in [3.8, 4) is 33.4 Å². The Labute approximate surface area is 343 Å². The third-order valence-electron chi connectivity index (χ3n) is 13.6. The van der Waals surface area contributed by atoms with Crippen molar-refractivity contribution in [1.29, 1.82) is 0 Å². The van der Waals surface area contributed by atoms with Crippen LogP contribution in [0, 0.1) is 5.92 Å². The topological polar surface area (TPSA) is 4.93 Å². The summed E-state index contributed by atoms with van der Waals surface area (Å²) < 4.78 is 2.70. The summed E-state index contributed by atoms with van der Waals surface area (Å²) in [6.07, 6.45) is 7.28. The Morgan fingerprint density at radius 2 is 0.948 bits per heavy atom. The summed E-state index contributed by atoms with van der Waals surface area (Å²) in [7, 11) is 0. The van der Waals surface area contributed by atoms with Gasteiger partial charge in [-0.05, 0) is 107 Å². The van der Waals surface area contributed by atoms with Crippen LogP contribution in [-0.4, -0.2) is 4.57 Å². The normalized spacial score (nSPS) is 17.7. The molecule has 1 spiro atoms. The van der Waals surface area contributed by atoms with Crippen molar-refractivity contribution in [2.45, 2.75) is 63.8 Å². The van der Waals surface area contributed by atoms with Crippen LogP contribution < -0.4 is 0 Å². The maximum Gasteiger partial charge on any atom is 0.0609 e. The van der Waals surface area contributed by atoms with Crippen LogP contribution in [0.4, 0.5) is 0 Å². The maximum absolute atomic E-state index is 2.70. The zero-order valence-corrected chi connectivity index (χ0v) is 34.3. The van der Waals surface area contributed by atoms with Gasteiger partial charge in [0.2, 0.25) is 0 Å². The van der Waals surface area contributed by atoms with E-state index >= 15 is 0 Å². The third-order valence-corrected chi connectivity index (χ3v) is 13.6. The zero-order valence-electron chi connectivity index (χ0n) is 34.3. The number of fused-ring (bicyclic) bond motifs is 13. The Morgan fingerprint density at radius 1 is 0.448 bits per heavy atom. The average Bonchev–Trinajstić information content (AvgIpc) is 3.84. The van der Waals surface area contributed by atoms with Gasteiger partial charge in [0.25, 0.3) is 0 Å². The van der Waals surface area contributed by atoms with Crippen LogP contribution in [0.1, 0.15) is 81.0 Å². The van der Waals surface area contributed by atoms with Gasteiger partial charge in [-0.15, -0.1) is 0 Å². The molecule has 11 rings (SSSR count). The fraction of sp³-hybridized carbons (Fsp3) is 0.193. The molecule has 0 amide bonds.